The van der Waals surface area contributed by atoms with Crippen molar-refractivity contribution in [3.05, 3.63) is 29.8 Å². The van der Waals surface area contributed by atoms with Crippen molar-refractivity contribution in [2.24, 2.45) is 0 Å². The Hall–Kier alpha value is -2.04. The molecule has 78 valence electrons. The second-order valence-corrected chi connectivity index (χ2v) is 3.10. The minimum atomic E-state index is -1.08. The van der Waals surface area contributed by atoms with Crippen molar-refractivity contribution in [3.8, 4) is 5.75 Å². The van der Waals surface area contributed by atoms with E-state index in [2.05, 4.69) is 0 Å². The highest BCUT2D eigenvalue weighted by Crippen LogP contribution is 2.18. The normalized spacial score (nSPS) is 15.2. The van der Waals surface area contributed by atoms with Crippen LogP contribution in [0.15, 0.2) is 24.3 Å². The molecule has 0 aromatic heterocycles. The zero-order chi connectivity index (χ0) is 10.8. The van der Waals surface area contributed by atoms with Crippen LogP contribution in [0.5, 0.6) is 5.75 Å². The standard InChI is InChI=1S/C10H9NO4/c12-8-4-2-1-3-7(8)9-11(10(13)14)5-6-15-9/h1-4H,5-6H2,(H,13,14)/p+1. The molecule has 0 fully saturated rings. The van der Waals surface area contributed by atoms with Gasteiger partial charge < -0.3 is 14.9 Å². The summed E-state index contributed by atoms with van der Waals surface area (Å²) in [5.74, 6) is 0.209. The van der Waals surface area contributed by atoms with Gasteiger partial charge in [-0.2, -0.15) is 4.79 Å². The van der Waals surface area contributed by atoms with Gasteiger partial charge in [-0.1, -0.05) is 16.7 Å². The summed E-state index contributed by atoms with van der Waals surface area (Å²) in [6.45, 7) is 0.606. The Balaban J connectivity index is 2.51. The van der Waals surface area contributed by atoms with E-state index in [4.69, 9.17) is 9.84 Å². The van der Waals surface area contributed by atoms with Gasteiger partial charge in [0, 0.05) is 0 Å². The number of aromatic hydroxyl groups is 1. The Labute approximate surface area is 85.9 Å². The molecular weight excluding hydrogens is 198 g/mol. The first kappa shape index (κ1) is 9.51. The topological polar surface area (TPSA) is 69.8 Å². The third-order valence-electron chi connectivity index (χ3n) is 2.16. The average Bonchev–Trinajstić information content (AvgIpc) is 2.67. The predicted molar refractivity (Wildman–Crippen MR) is 51.3 cm³/mol. The molecule has 0 bridgehead atoms. The third-order valence-corrected chi connectivity index (χ3v) is 2.16. The van der Waals surface area contributed by atoms with Crippen LogP contribution in [-0.2, 0) is 4.74 Å². The van der Waals surface area contributed by atoms with Crippen molar-refractivity contribution in [3.63, 3.8) is 0 Å². The first-order valence-electron chi connectivity index (χ1n) is 4.48. The molecule has 0 radical (unpaired) electrons. The maximum atomic E-state index is 10.8. The van der Waals surface area contributed by atoms with Crippen LogP contribution >= 0.6 is 0 Å². The Morgan fingerprint density at radius 3 is 2.80 bits per heavy atom. The number of para-hydroxylation sites is 1. The van der Waals surface area contributed by atoms with Crippen LogP contribution in [0.2, 0.25) is 0 Å². The predicted octanol–water partition coefficient (Wildman–Crippen LogP) is 0.859. The van der Waals surface area contributed by atoms with Crippen LogP contribution < -0.4 is 0 Å². The van der Waals surface area contributed by atoms with Gasteiger partial charge in [0.2, 0.25) is 0 Å². The third kappa shape index (κ3) is 1.63. The molecule has 1 heterocycles. The minimum Gasteiger partial charge on any atom is -0.507 e. The van der Waals surface area contributed by atoms with Gasteiger partial charge in [-0.25, -0.2) is 0 Å². The van der Waals surface area contributed by atoms with E-state index in [0.29, 0.717) is 18.7 Å². The summed E-state index contributed by atoms with van der Waals surface area (Å²) in [6.07, 6.45) is -1.08. The highest BCUT2D eigenvalue weighted by molar-refractivity contribution is 5.95. The molecule has 1 aliphatic rings. The Morgan fingerprint density at radius 2 is 2.13 bits per heavy atom. The second-order valence-electron chi connectivity index (χ2n) is 3.10. The smallest absolute Gasteiger partial charge is 0.507 e. The van der Waals surface area contributed by atoms with Crippen molar-refractivity contribution in [1.29, 1.82) is 0 Å². The number of amides is 1. The van der Waals surface area contributed by atoms with Gasteiger partial charge in [-0.05, 0) is 12.1 Å². The lowest BCUT2D eigenvalue weighted by Gasteiger charge is -1.99. The van der Waals surface area contributed by atoms with E-state index in [9.17, 15) is 9.90 Å². The molecule has 2 N–H and O–H groups in total. The number of benzene rings is 1. The Bertz CT molecular complexity index is 439. The van der Waals surface area contributed by atoms with E-state index in [1.54, 1.807) is 18.2 Å². The number of nitrogens with zero attached hydrogens (tertiary/aromatic N) is 1. The van der Waals surface area contributed by atoms with Gasteiger partial charge in [-0.15, -0.1) is 0 Å². The molecule has 0 saturated heterocycles. The summed E-state index contributed by atoms with van der Waals surface area (Å²) < 4.78 is 6.27. The van der Waals surface area contributed by atoms with Crippen LogP contribution in [-0.4, -0.2) is 39.9 Å². The summed E-state index contributed by atoms with van der Waals surface area (Å²) in [6, 6.07) is 6.49. The summed E-state index contributed by atoms with van der Waals surface area (Å²) in [4.78, 5) is 10.8. The van der Waals surface area contributed by atoms with E-state index >= 15 is 0 Å². The van der Waals surface area contributed by atoms with Crippen LogP contribution in [0, 0.1) is 0 Å². The number of hydrogen-bond acceptors (Lipinski definition) is 3. The van der Waals surface area contributed by atoms with Crippen LogP contribution in [0.4, 0.5) is 4.79 Å². The SMILES string of the molecule is O=C(O)[N+]1=C(c2ccccc2O)OCC1. The summed E-state index contributed by atoms with van der Waals surface area (Å²) in [5, 5.41) is 18.4. The summed E-state index contributed by atoms with van der Waals surface area (Å²) in [7, 11) is 0. The molecule has 1 aromatic carbocycles. The number of ether oxygens (including phenoxy) is 1. The van der Waals surface area contributed by atoms with Gasteiger partial charge >= 0.3 is 12.0 Å². The molecule has 0 spiro atoms. The molecular formula is C10H10NO4+. The highest BCUT2D eigenvalue weighted by Gasteiger charge is 2.33. The van der Waals surface area contributed by atoms with Gasteiger partial charge in [-0.3, -0.25) is 0 Å². The molecule has 15 heavy (non-hydrogen) atoms. The number of carbonyl (C=O) groups is 1. The summed E-state index contributed by atoms with van der Waals surface area (Å²) >= 11 is 0. The van der Waals surface area contributed by atoms with Gasteiger partial charge in [0.15, 0.2) is 13.2 Å². The lowest BCUT2D eigenvalue weighted by Crippen LogP contribution is -2.22. The van der Waals surface area contributed by atoms with Crippen molar-refractivity contribution in [1.82, 2.24) is 0 Å². The van der Waals surface area contributed by atoms with E-state index in [1.807, 2.05) is 0 Å². The fourth-order valence-corrected chi connectivity index (χ4v) is 1.47. The number of rotatable bonds is 1. The molecule has 1 aromatic rings. The van der Waals surface area contributed by atoms with Crippen LogP contribution in [0.1, 0.15) is 5.56 Å². The van der Waals surface area contributed by atoms with E-state index in [1.165, 1.54) is 6.07 Å². The van der Waals surface area contributed by atoms with E-state index < -0.39 is 6.09 Å². The Morgan fingerprint density at radius 1 is 1.40 bits per heavy atom. The van der Waals surface area contributed by atoms with E-state index in [-0.39, 0.29) is 11.6 Å². The molecule has 1 aliphatic heterocycles. The molecule has 5 nitrogen and oxygen atoms in total. The van der Waals surface area contributed by atoms with Crippen molar-refractivity contribution >= 4 is 12.0 Å². The highest BCUT2D eigenvalue weighted by atomic mass is 16.5. The zero-order valence-electron chi connectivity index (χ0n) is 7.88. The molecule has 2 rings (SSSR count). The molecule has 0 saturated carbocycles. The minimum absolute atomic E-state index is 0.0145. The number of hydrogen-bond donors (Lipinski definition) is 2. The van der Waals surface area contributed by atoms with Gasteiger partial charge in [0.05, 0.1) is 0 Å². The second kappa shape index (κ2) is 3.61. The van der Waals surface area contributed by atoms with Crippen molar-refractivity contribution in [2.75, 3.05) is 13.2 Å². The maximum absolute atomic E-state index is 10.8. The fourth-order valence-electron chi connectivity index (χ4n) is 1.47. The van der Waals surface area contributed by atoms with E-state index in [0.717, 1.165) is 4.58 Å². The molecule has 1 amide bonds. The monoisotopic (exact) mass is 208 g/mol. The van der Waals surface area contributed by atoms with Crippen LogP contribution in [0.3, 0.4) is 0 Å². The van der Waals surface area contributed by atoms with Gasteiger partial charge in [0.1, 0.15) is 11.3 Å². The Kier molecular flexibility index (Phi) is 2.29. The zero-order valence-corrected chi connectivity index (χ0v) is 7.88. The molecule has 0 aliphatic carbocycles. The summed E-state index contributed by atoms with van der Waals surface area (Å²) in [5.41, 5.74) is 0.400. The number of phenols is 1. The number of phenolic OH excluding ortho intramolecular Hbond substituents is 1. The molecule has 0 unspecified atom stereocenters. The van der Waals surface area contributed by atoms with Crippen molar-refractivity contribution in [2.45, 2.75) is 0 Å². The van der Waals surface area contributed by atoms with Gasteiger partial charge in [0.25, 0.3) is 0 Å². The lowest BCUT2D eigenvalue weighted by molar-refractivity contribution is -0.432. The molecule has 5 heteroatoms. The largest absolute Gasteiger partial charge is 0.597 e. The quantitative estimate of drug-likeness (QED) is 0.671. The maximum Gasteiger partial charge on any atom is 0.597 e. The van der Waals surface area contributed by atoms with Crippen molar-refractivity contribution < 1.29 is 24.3 Å². The first-order chi connectivity index (χ1) is 7.20. The number of carboxylic acid groups (broad SMARTS) is 1. The average molecular weight is 208 g/mol. The first-order valence-corrected chi connectivity index (χ1v) is 4.48. The molecule has 0 atom stereocenters. The lowest BCUT2D eigenvalue weighted by atomic mass is 10.2. The van der Waals surface area contributed by atoms with Crippen LogP contribution in [0.25, 0.3) is 0 Å². The fraction of sp³-hybridized carbons (Fsp3) is 0.200.